The number of halogens is 4. The van der Waals surface area contributed by atoms with Crippen molar-refractivity contribution < 1.29 is 17.6 Å². The summed E-state index contributed by atoms with van der Waals surface area (Å²) in [6, 6.07) is 0.167. The summed E-state index contributed by atoms with van der Waals surface area (Å²) in [5.41, 5.74) is -0.799. The van der Waals surface area contributed by atoms with Crippen molar-refractivity contribution in [3.05, 3.63) is 47.6 Å². The van der Waals surface area contributed by atoms with E-state index in [4.69, 9.17) is 0 Å². The van der Waals surface area contributed by atoms with Gasteiger partial charge in [0.2, 0.25) is 0 Å². The third kappa shape index (κ3) is 1.46. The smallest absolute Gasteiger partial charge is 0.186 e. The lowest BCUT2D eigenvalue weighted by molar-refractivity contribution is 0.447. The Hall–Kier alpha value is -1.85. The quantitative estimate of drug-likeness (QED) is 0.544. The molecular weight excluding hydrogens is 224 g/mol. The minimum absolute atomic E-state index is 0.167. The SMILES string of the molecule is Cc1nccn1-c1c(F)c(F)cc(F)c1F. The zero-order chi connectivity index (χ0) is 11.9. The number of hydrogen-bond acceptors (Lipinski definition) is 1. The second kappa shape index (κ2) is 3.62. The van der Waals surface area contributed by atoms with Gasteiger partial charge in [-0.25, -0.2) is 22.5 Å². The van der Waals surface area contributed by atoms with Crippen LogP contribution in [0.25, 0.3) is 5.69 Å². The molecule has 0 atom stereocenters. The van der Waals surface area contributed by atoms with Crippen LogP contribution in [0.15, 0.2) is 18.5 Å². The van der Waals surface area contributed by atoms with Crippen molar-refractivity contribution in [2.45, 2.75) is 6.92 Å². The second-order valence-electron chi connectivity index (χ2n) is 3.16. The van der Waals surface area contributed by atoms with E-state index in [2.05, 4.69) is 4.98 Å². The molecule has 16 heavy (non-hydrogen) atoms. The van der Waals surface area contributed by atoms with Crippen LogP contribution in [-0.4, -0.2) is 9.55 Å². The zero-order valence-corrected chi connectivity index (χ0v) is 8.14. The van der Waals surface area contributed by atoms with Gasteiger partial charge in [0, 0.05) is 18.5 Å². The minimum atomic E-state index is -1.44. The highest BCUT2D eigenvalue weighted by Gasteiger charge is 2.21. The summed E-state index contributed by atoms with van der Waals surface area (Å²) in [6.07, 6.45) is 2.49. The van der Waals surface area contributed by atoms with Gasteiger partial charge in [-0.3, -0.25) is 4.57 Å². The van der Waals surface area contributed by atoms with Gasteiger partial charge in [-0.05, 0) is 6.92 Å². The van der Waals surface area contributed by atoms with Gasteiger partial charge >= 0.3 is 0 Å². The van der Waals surface area contributed by atoms with E-state index < -0.39 is 29.0 Å². The maximum atomic E-state index is 13.4. The number of rotatable bonds is 1. The molecule has 6 heteroatoms. The van der Waals surface area contributed by atoms with Crippen molar-refractivity contribution in [3.63, 3.8) is 0 Å². The van der Waals surface area contributed by atoms with E-state index >= 15 is 0 Å². The van der Waals surface area contributed by atoms with Gasteiger partial charge in [-0.2, -0.15) is 0 Å². The van der Waals surface area contributed by atoms with Crippen LogP contribution in [0.1, 0.15) is 5.82 Å². The van der Waals surface area contributed by atoms with E-state index in [9.17, 15) is 17.6 Å². The maximum Gasteiger partial charge on any atom is 0.186 e. The molecule has 0 saturated carbocycles. The molecule has 1 heterocycles. The van der Waals surface area contributed by atoms with Gasteiger partial charge in [0.25, 0.3) is 0 Å². The third-order valence-electron chi connectivity index (χ3n) is 2.16. The molecule has 1 aromatic carbocycles. The molecule has 1 aromatic heterocycles. The van der Waals surface area contributed by atoms with Crippen LogP contribution in [0, 0.1) is 30.2 Å². The normalized spacial score (nSPS) is 10.8. The van der Waals surface area contributed by atoms with E-state index in [-0.39, 0.29) is 11.9 Å². The number of benzene rings is 1. The molecule has 2 aromatic rings. The highest BCUT2D eigenvalue weighted by Crippen LogP contribution is 2.23. The van der Waals surface area contributed by atoms with Crippen LogP contribution >= 0.6 is 0 Å². The van der Waals surface area contributed by atoms with Crippen LogP contribution in [0.2, 0.25) is 0 Å². The molecule has 0 aliphatic rings. The molecule has 0 saturated heterocycles. The summed E-state index contributed by atoms with van der Waals surface area (Å²) in [6.45, 7) is 1.46. The van der Waals surface area contributed by atoms with Gasteiger partial charge in [-0.15, -0.1) is 0 Å². The van der Waals surface area contributed by atoms with Crippen molar-refractivity contribution in [1.29, 1.82) is 0 Å². The van der Waals surface area contributed by atoms with Crippen LogP contribution < -0.4 is 0 Å². The fraction of sp³-hybridized carbons (Fsp3) is 0.100. The highest BCUT2D eigenvalue weighted by molar-refractivity contribution is 5.37. The van der Waals surface area contributed by atoms with Crippen LogP contribution in [0.5, 0.6) is 0 Å². The Kier molecular flexibility index (Phi) is 2.41. The van der Waals surface area contributed by atoms with E-state index in [1.165, 1.54) is 19.3 Å². The van der Waals surface area contributed by atoms with E-state index in [0.717, 1.165) is 4.57 Å². The van der Waals surface area contributed by atoms with Crippen LogP contribution in [0.4, 0.5) is 17.6 Å². The molecule has 2 rings (SSSR count). The first-order valence-electron chi connectivity index (χ1n) is 4.35. The number of aryl methyl sites for hydroxylation is 1. The van der Waals surface area contributed by atoms with Gasteiger partial charge in [0.1, 0.15) is 11.5 Å². The lowest BCUT2D eigenvalue weighted by atomic mass is 10.2. The largest absolute Gasteiger partial charge is 0.298 e. The van der Waals surface area contributed by atoms with Crippen LogP contribution in [0.3, 0.4) is 0 Å². The molecule has 0 spiro atoms. The monoisotopic (exact) mass is 230 g/mol. The Morgan fingerprint density at radius 3 is 2.06 bits per heavy atom. The summed E-state index contributed by atoms with van der Waals surface area (Å²) in [5, 5.41) is 0. The summed E-state index contributed by atoms with van der Waals surface area (Å²) in [4.78, 5) is 3.72. The highest BCUT2D eigenvalue weighted by atomic mass is 19.2. The van der Waals surface area contributed by atoms with E-state index in [1.54, 1.807) is 0 Å². The number of hydrogen-bond donors (Lipinski definition) is 0. The van der Waals surface area contributed by atoms with Gasteiger partial charge in [-0.1, -0.05) is 0 Å². The van der Waals surface area contributed by atoms with Crippen molar-refractivity contribution in [3.8, 4) is 5.69 Å². The van der Waals surface area contributed by atoms with Crippen molar-refractivity contribution in [2.75, 3.05) is 0 Å². The number of imidazole rings is 1. The molecule has 0 N–H and O–H groups in total. The minimum Gasteiger partial charge on any atom is -0.298 e. The summed E-state index contributed by atoms with van der Waals surface area (Å²) in [5.74, 6) is -5.55. The molecular formula is C10H6F4N2. The summed E-state index contributed by atoms with van der Waals surface area (Å²) < 4.78 is 53.5. The molecule has 0 aliphatic carbocycles. The first kappa shape index (κ1) is 10.7. The fourth-order valence-electron chi connectivity index (χ4n) is 1.39. The lowest BCUT2D eigenvalue weighted by Gasteiger charge is -2.08. The number of nitrogens with zero attached hydrogens (tertiary/aromatic N) is 2. The molecule has 0 amide bonds. The Morgan fingerprint density at radius 2 is 1.62 bits per heavy atom. The molecule has 0 unspecified atom stereocenters. The number of aromatic nitrogens is 2. The molecule has 0 aliphatic heterocycles. The standard InChI is InChI=1S/C10H6F4N2/c1-5-15-2-3-16(5)10-8(13)6(11)4-7(12)9(10)14/h2-4H,1H3. The fourth-order valence-corrected chi connectivity index (χ4v) is 1.39. The maximum absolute atomic E-state index is 13.4. The Balaban J connectivity index is 2.79. The van der Waals surface area contributed by atoms with Gasteiger partial charge in [0.05, 0.1) is 0 Å². The van der Waals surface area contributed by atoms with Crippen molar-refractivity contribution in [2.24, 2.45) is 0 Å². The third-order valence-corrected chi connectivity index (χ3v) is 2.16. The van der Waals surface area contributed by atoms with Gasteiger partial charge in [0.15, 0.2) is 23.3 Å². The lowest BCUT2D eigenvalue weighted by Crippen LogP contribution is -2.07. The van der Waals surface area contributed by atoms with E-state index in [0.29, 0.717) is 0 Å². The zero-order valence-electron chi connectivity index (χ0n) is 8.14. The topological polar surface area (TPSA) is 17.8 Å². The molecule has 84 valence electrons. The molecule has 0 bridgehead atoms. The van der Waals surface area contributed by atoms with Crippen molar-refractivity contribution >= 4 is 0 Å². The first-order chi connectivity index (χ1) is 7.52. The van der Waals surface area contributed by atoms with E-state index in [1.807, 2.05) is 0 Å². The predicted octanol–water partition coefficient (Wildman–Crippen LogP) is 2.74. The summed E-state index contributed by atoms with van der Waals surface area (Å²) >= 11 is 0. The Bertz CT molecular complexity index is 522. The molecule has 2 nitrogen and oxygen atoms in total. The van der Waals surface area contributed by atoms with Crippen molar-refractivity contribution in [1.82, 2.24) is 9.55 Å². The van der Waals surface area contributed by atoms with Crippen LogP contribution in [-0.2, 0) is 0 Å². The summed E-state index contributed by atoms with van der Waals surface area (Å²) in [7, 11) is 0. The average molecular weight is 230 g/mol. The Morgan fingerprint density at radius 1 is 1.06 bits per heavy atom. The second-order valence-corrected chi connectivity index (χ2v) is 3.16. The predicted molar refractivity (Wildman–Crippen MR) is 48.1 cm³/mol. The molecule has 0 fully saturated rings. The average Bonchev–Trinajstić information content (AvgIpc) is 2.63. The van der Waals surface area contributed by atoms with Gasteiger partial charge < -0.3 is 0 Å². The first-order valence-corrected chi connectivity index (χ1v) is 4.35. The molecule has 0 radical (unpaired) electrons. The Labute approximate surface area is 88.2 Å².